The number of likely N-dealkylation sites (tertiary alicyclic amines) is 1. The molecule has 3 N–H and O–H groups in total. The number of aromatic nitrogens is 4. The molecule has 1 saturated heterocycles. The molecule has 1 aliphatic carbocycles. The molecule has 0 radical (unpaired) electrons. The normalized spacial score (nSPS) is 18.5. The standard InChI is InChI=1S/C22H27FN8O2/c1-24-19-11-18(28-20-16(12-25-31(19)20)21(32)26-14-4-5-14)27-17-3-2-8-30(22(17)33)15-6-9-29(13-15)10-7-23/h2-3,8,11-12,14-15,24H,4-7,9-10,13H2,1H3,(H,26,32)(H,27,28)/t15-/m1/s1. The van der Waals surface area contributed by atoms with Gasteiger partial charge in [-0.25, -0.2) is 9.37 Å². The lowest BCUT2D eigenvalue weighted by atomic mass is 10.2. The van der Waals surface area contributed by atoms with Crippen molar-refractivity contribution in [1.29, 1.82) is 0 Å². The SMILES string of the molecule is CNc1cc(Nc2cccn([C@@H]3CCN(CCF)C3)c2=O)nc2c(C(=O)NC3CC3)cnn12. The Balaban J connectivity index is 1.44. The third kappa shape index (κ3) is 4.28. The molecule has 3 aromatic rings. The van der Waals surface area contributed by atoms with Crippen LogP contribution in [0.4, 0.5) is 21.7 Å². The predicted molar refractivity (Wildman–Crippen MR) is 123 cm³/mol. The second-order valence-corrected chi connectivity index (χ2v) is 8.51. The van der Waals surface area contributed by atoms with Gasteiger partial charge < -0.3 is 20.5 Å². The first-order valence-corrected chi connectivity index (χ1v) is 11.2. The van der Waals surface area contributed by atoms with Gasteiger partial charge in [-0.15, -0.1) is 0 Å². The molecule has 0 unspecified atom stereocenters. The van der Waals surface area contributed by atoms with E-state index in [0.29, 0.717) is 41.6 Å². The van der Waals surface area contributed by atoms with Crippen LogP contribution in [0.15, 0.2) is 35.4 Å². The van der Waals surface area contributed by atoms with E-state index < -0.39 is 0 Å². The molecule has 2 aliphatic rings. The van der Waals surface area contributed by atoms with Crippen LogP contribution < -0.4 is 21.5 Å². The van der Waals surface area contributed by atoms with E-state index in [-0.39, 0.29) is 30.2 Å². The van der Waals surface area contributed by atoms with Crippen LogP contribution in [0.3, 0.4) is 0 Å². The number of pyridine rings is 1. The molecule has 10 nitrogen and oxygen atoms in total. The molecule has 0 aromatic carbocycles. The Labute approximate surface area is 189 Å². The third-order valence-corrected chi connectivity index (χ3v) is 6.16. The van der Waals surface area contributed by atoms with Gasteiger partial charge in [0, 0.05) is 45.0 Å². The van der Waals surface area contributed by atoms with Gasteiger partial charge in [0.05, 0.1) is 12.2 Å². The number of anilines is 3. The van der Waals surface area contributed by atoms with Crippen LogP contribution in [0, 0.1) is 0 Å². The average Bonchev–Trinajstić information content (AvgIpc) is 3.32. The number of halogens is 1. The van der Waals surface area contributed by atoms with E-state index in [1.54, 1.807) is 34.5 Å². The Hall–Kier alpha value is -3.47. The molecule has 2 fully saturated rings. The number of hydrogen-bond acceptors (Lipinski definition) is 7. The Kier molecular flexibility index (Phi) is 5.71. The fourth-order valence-corrected chi connectivity index (χ4v) is 4.25. The number of amides is 1. The Morgan fingerprint density at radius 3 is 2.91 bits per heavy atom. The van der Waals surface area contributed by atoms with Gasteiger partial charge in [0.25, 0.3) is 11.5 Å². The molecule has 0 spiro atoms. The molecule has 1 aliphatic heterocycles. The summed E-state index contributed by atoms with van der Waals surface area (Å²) in [7, 11) is 1.75. The molecule has 33 heavy (non-hydrogen) atoms. The summed E-state index contributed by atoms with van der Waals surface area (Å²) in [5.41, 5.74) is 0.990. The van der Waals surface area contributed by atoms with E-state index >= 15 is 0 Å². The molecule has 174 valence electrons. The summed E-state index contributed by atoms with van der Waals surface area (Å²) in [4.78, 5) is 32.4. The van der Waals surface area contributed by atoms with Crippen LogP contribution in [0.1, 0.15) is 35.7 Å². The number of alkyl halides is 1. The predicted octanol–water partition coefficient (Wildman–Crippen LogP) is 1.78. The smallest absolute Gasteiger partial charge is 0.274 e. The minimum absolute atomic E-state index is 0.00154. The zero-order chi connectivity index (χ0) is 22.9. The molecule has 1 atom stereocenters. The molecule has 3 aromatic heterocycles. The van der Waals surface area contributed by atoms with Crippen molar-refractivity contribution < 1.29 is 9.18 Å². The van der Waals surface area contributed by atoms with Crippen LogP contribution in [0.5, 0.6) is 0 Å². The second kappa shape index (κ2) is 8.81. The van der Waals surface area contributed by atoms with Crippen molar-refractivity contribution in [2.75, 3.05) is 44.0 Å². The highest BCUT2D eigenvalue weighted by Gasteiger charge is 2.27. The lowest BCUT2D eigenvalue weighted by Gasteiger charge is -2.17. The van der Waals surface area contributed by atoms with Crippen molar-refractivity contribution in [3.8, 4) is 0 Å². The summed E-state index contributed by atoms with van der Waals surface area (Å²) in [6.45, 7) is 1.42. The fraction of sp³-hybridized carbons (Fsp3) is 0.455. The molecular weight excluding hydrogens is 427 g/mol. The summed E-state index contributed by atoms with van der Waals surface area (Å²) in [5, 5.41) is 13.4. The van der Waals surface area contributed by atoms with E-state index in [9.17, 15) is 14.0 Å². The molecule has 4 heterocycles. The summed E-state index contributed by atoms with van der Waals surface area (Å²) in [5.74, 6) is 0.843. The maximum atomic E-state index is 13.2. The second-order valence-electron chi connectivity index (χ2n) is 8.51. The van der Waals surface area contributed by atoms with E-state index in [4.69, 9.17) is 0 Å². The number of carbonyl (C=O) groups is 1. The van der Waals surface area contributed by atoms with Crippen molar-refractivity contribution in [3.05, 3.63) is 46.5 Å². The van der Waals surface area contributed by atoms with Crippen LogP contribution in [0.2, 0.25) is 0 Å². The first-order chi connectivity index (χ1) is 16.1. The number of nitrogens with one attached hydrogen (secondary N) is 3. The summed E-state index contributed by atoms with van der Waals surface area (Å²) < 4.78 is 16.0. The van der Waals surface area contributed by atoms with E-state index in [1.807, 2.05) is 11.0 Å². The quantitative estimate of drug-likeness (QED) is 0.476. The average molecular weight is 455 g/mol. The zero-order valence-corrected chi connectivity index (χ0v) is 18.4. The number of rotatable bonds is 8. The van der Waals surface area contributed by atoms with Gasteiger partial charge in [0.1, 0.15) is 29.6 Å². The lowest BCUT2D eigenvalue weighted by molar-refractivity contribution is 0.0952. The highest BCUT2D eigenvalue weighted by Crippen LogP contribution is 2.24. The first-order valence-electron chi connectivity index (χ1n) is 11.2. The number of hydrogen-bond donors (Lipinski definition) is 3. The van der Waals surface area contributed by atoms with Gasteiger partial charge in [-0.1, -0.05) is 0 Å². The van der Waals surface area contributed by atoms with Crippen LogP contribution in [-0.4, -0.2) is 69.4 Å². The van der Waals surface area contributed by atoms with E-state index in [2.05, 4.69) is 26.0 Å². The molecule has 0 bridgehead atoms. The van der Waals surface area contributed by atoms with Crippen molar-refractivity contribution in [2.45, 2.75) is 31.3 Å². The van der Waals surface area contributed by atoms with Gasteiger partial charge in [-0.3, -0.25) is 14.5 Å². The number of nitrogens with zero attached hydrogens (tertiary/aromatic N) is 5. The Bertz CT molecular complexity index is 1230. The lowest BCUT2D eigenvalue weighted by Crippen LogP contribution is -2.29. The van der Waals surface area contributed by atoms with Gasteiger partial charge in [0.15, 0.2) is 5.65 Å². The van der Waals surface area contributed by atoms with Gasteiger partial charge in [0.2, 0.25) is 0 Å². The zero-order valence-electron chi connectivity index (χ0n) is 18.4. The largest absolute Gasteiger partial charge is 0.373 e. The maximum Gasteiger partial charge on any atom is 0.274 e. The van der Waals surface area contributed by atoms with E-state index in [0.717, 1.165) is 25.8 Å². The third-order valence-electron chi connectivity index (χ3n) is 6.16. The Morgan fingerprint density at radius 2 is 2.15 bits per heavy atom. The van der Waals surface area contributed by atoms with Crippen molar-refractivity contribution in [2.24, 2.45) is 0 Å². The number of carbonyl (C=O) groups excluding carboxylic acids is 1. The highest BCUT2D eigenvalue weighted by molar-refractivity contribution is 6.00. The van der Waals surface area contributed by atoms with Crippen molar-refractivity contribution in [3.63, 3.8) is 0 Å². The van der Waals surface area contributed by atoms with Crippen LogP contribution in [0.25, 0.3) is 5.65 Å². The Morgan fingerprint density at radius 1 is 1.30 bits per heavy atom. The minimum atomic E-state index is -0.388. The van der Waals surface area contributed by atoms with Gasteiger partial charge in [-0.2, -0.15) is 9.61 Å². The summed E-state index contributed by atoms with van der Waals surface area (Å²) >= 11 is 0. The summed E-state index contributed by atoms with van der Waals surface area (Å²) in [6.07, 6.45) is 6.04. The minimum Gasteiger partial charge on any atom is -0.373 e. The molecular formula is C22H27FN8O2. The topological polar surface area (TPSA) is 109 Å². The first kappa shape index (κ1) is 21.4. The van der Waals surface area contributed by atoms with Gasteiger partial charge >= 0.3 is 0 Å². The highest BCUT2D eigenvalue weighted by atomic mass is 19.1. The van der Waals surface area contributed by atoms with Gasteiger partial charge in [-0.05, 0) is 31.4 Å². The number of fused-ring (bicyclic) bond motifs is 1. The fourth-order valence-electron chi connectivity index (χ4n) is 4.25. The molecule has 5 rings (SSSR count). The van der Waals surface area contributed by atoms with Crippen molar-refractivity contribution >= 4 is 28.9 Å². The molecule has 11 heteroatoms. The summed E-state index contributed by atoms with van der Waals surface area (Å²) in [6, 6.07) is 5.47. The van der Waals surface area contributed by atoms with Crippen molar-refractivity contribution in [1.82, 2.24) is 29.4 Å². The van der Waals surface area contributed by atoms with E-state index in [1.165, 1.54) is 6.20 Å². The monoisotopic (exact) mass is 454 g/mol. The van der Waals surface area contributed by atoms with Crippen LogP contribution in [-0.2, 0) is 0 Å². The molecule has 1 amide bonds. The maximum absolute atomic E-state index is 13.2. The van der Waals surface area contributed by atoms with Crippen LogP contribution >= 0.6 is 0 Å². The molecule has 1 saturated carbocycles.